The van der Waals surface area contributed by atoms with Crippen molar-refractivity contribution >= 4 is 11.6 Å². The molecule has 0 radical (unpaired) electrons. The van der Waals surface area contributed by atoms with Gasteiger partial charge in [-0.15, -0.1) is 0 Å². The lowest BCUT2D eigenvalue weighted by Gasteiger charge is -2.34. The second-order valence-corrected chi connectivity index (χ2v) is 5.70. The molecule has 2 aromatic rings. The number of aliphatic hydroxyl groups excluding tert-OH is 1. The van der Waals surface area contributed by atoms with Gasteiger partial charge in [0.05, 0.1) is 25.4 Å². The van der Waals surface area contributed by atoms with Crippen molar-refractivity contribution < 1.29 is 19.4 Å². The molecule has 0 saturated heterocycles. The number of carbonyl (C=O) groups is 1. The molecule has 5 heteroatoms. The van der Waals surface area contributed by atoms with Gasteiger partial charge in [-0.1, -0.05) is 30.3 Å². The van der Waals surface area contributed by atoms with E-state index in [1.165, 1.54) is 0 Å². The second kappa shape index (κ2) is 6.93. The van der Waals surface area contributed by atoms with Crippen LogP contribution in [0.3, 0.4) is 0 Å². The van der Waals surface area contributed by atoms with Crippen molar-refractivity contribution in [2.45, 2.75) is 33.1 Å². The van der Waals surface area contributed by atoms with Crippen molar-refractivity contribution in [1.29, 1.82) is 0 Å². The highest BCUT2D eigenvalue weighted by Crippen LogP contribution is 2.43. The van der Waals surface area contributed by atoms with E-state index in [1.54, 1.807) is 24.0 Å². The maximum atomic E-state index is 12.7. The quantitative estimate of drug-likeness (QED) is 0.917. The standard InChI is InChI=1S/C19H21NO4/c1-3-23-17-10-15(12-21)9-16-18(17)24-13(2)19(22)20(16)11-14-7-5-4-6-8-14/h4-10,13,21H,3,11-12H2,1-2H3. The fourth-order valence-corrected chi connectivity index (χ4v) is 2.81. The molecule has 0 saturated carbocycles. The first-order valence-electron chi connectivity index (χ1n) is 8.06. The molecule has 0 fully saturated rings. The average Bonchev–Trinajstić information content (AvgIpc) is 2.60. The fourth-order valence-electron chi connectivity index (χ4n) is 2.81. The van der Waals surface area contributed by atoms with Crippen LogP contribution in [-0.4, -0.2) is 23.7 Å². The van der Waals surface area contributed by atoms with Gasteiger partial charge in [0.25, 0.3) is 5.91 Å². The Labute approximate surface area is 141 Å². The topological polar surface area (TPSA) is 59.0 Å². The molecule has 3 rings (SSSR count). The van der Waals surface area contributed by atoms with Crippen LogP contribution in [-0.2, 0) is 17.9 Å². The van der Waals surface area contributed by atoms with Crippen LogP contribution in [0.25, 0.3) is 0 Å². The Morgan fingerprint density at radius 1 is 1.21 bits per heavy atom. The molecular weight excluding hydrogens is 306 g/mol. The van der Waals surface area contributed by atoms with Crippen LogP contribution in [0.1, 0.15) is 25.0 Å². The lowest BCUT2D eigenvalue weighted by Crippen LogP contribution is -2.44. The third-order valence-electron chi connectivity index (χ3n) is 3.96. The molecule has 1 unspecified atom stereocenters. The Kier molecular flexibility index (Phi) is 4.71. The minimum absolute atomic E-state index is 0.108. The summed E-state index contributed by atoms with van der Waals surface area (Å²) in [5.41, 5.74) is 2.34. The SMILES string of the molecule is CCOc1cc(CO)cc2c1OC(C)C(=O)N2Cc1ccccc1. The van der Waals surface area contributed by atoms with Crippen molar-refractivity contribution in [3.05, 3.63) is 53.6 Å². The van der Waals surface area contributed by atoms with E-state index in [-0.39, 0.29) is 12.5 Å². The molecule has 0 spiro atoms. The van der Waals surface area contributed by atoms with Gasteiger partial charge < -0.3 is 19.5 Å². The first kappa shape index (κ1) is 16.3. The summed E-state index contributed by atoms with van der Waals surface area (Å²) in [5, 5.41) is 9.53. The van der Waals surface area contributed by atoms with Gasteiger partial charge in [-0.05, 0) is 37.1 Å². The third-order valence-corrected chi connectivity index (χ3v) is 3.96. The number of benzene rings is 2. The molecule has 1 atom stereocenters. The van der Waals surface area contributed by atoms with E-state index in [0.717, 1.165) is 5.56 Å². The van der Waals surface area contributed by atoms with Gasteiger partial charge in [-0.25, -0.2) is 0 Å². The number of anilines is 1. The number of fused-ring (bicyclic) bond motifs is 1. The van der Waals surface area contributed by atoms with Crippen molar-refractivity contribution in [2.75, 3.05) is 11.5 Å². The van der Waals surface area contributed by atoms with Crippen LogP contribution < -0.4 is 14.4 Å². The molecule has 1 aliphatic heterocycles. The van der Waals surface area contributed by atoms with E-state index in [4.69, 9.17) is 9.47 Å². The average molecular weight is 327 g/mol. The van der Waals surface area contributed by atoms with Crippen molar-refractivity contribution in [1.82, 2.24) is 0 Å². The molecule has 1 N–H and O–H groups in total. The van der Waals surface area contributed by atoms with Gasteiger partial charge >= 0.3 is 0 Å². The summed E-state index contributed by atoms with van der Waals surface area (Å²) in [7, 11) is 0. The van der Waals surface area contributed by atoms with Gasteiger partial charge in [0.1, 0.15) is 0 Å². The summed E-state index contributed by atoms with van der Waals surface area (Å²) < 4.78 is 11.5. The summed E-state index contributed by atoms with van der Waals surface area (Å²) in [6.07, 6.45) is -0.583. The van der Waals surface area contributed by atoms with Gasteiger partial charge in [0, 0.05) is 0 Å². The number of hydrogen-bond donors (Lipinski definition) is 1. The lowest BCUT2D eigenvalue weighted by molar-refractivity contribution is -0.125. The van der Waals surface area contributed by atoms with Gasteiger partial charge in [0.15, 0.2) is 17.6 Å². The highest BCUT2D eigenvalue weighted by atomic mass is 16.5. The van der Waals surface area contributed by atoms with Gasteiger partial charge in [0.2, 0.25) is 0 Å². The number of nitrogens with zero attached hydrogens (tertiary/aromatic N) is 1. The summed E-state index contributed by atoms with van der Waals surface area (Å²) in [6, 6.07) is 13.3. The van der Waals surface area contributed by atoms with Crippen LogP contribution in [0.15, 0.2) is 42.5 Å². The summed E-state index contributed by atoms with van der Waals surface area (Å²) in [5.74, 6) is 0.998. The molecule has 5 nitrogen and oxygen atoms in total. The molecule has 1 aliphatic rings. The van der Waals surface area contributed by atoms with E-state index in [2.05, 4.69) is 0 Å². The molecule has 1 amide bonds. The normalized spacial score (nSPS) is 16.5. The minimum atomic E-state index is -0.583. The number of carbonyl (C=O) groups excluding carboxylic acids is 1. The van der Waals surface area contributed by atoms with Crippen molar-refractivity contribution in [3.8, 4) is 11.5 Å². The number of hydrogen-bond acceptors (Lipinski definition) is 4. The van der Waals surface area contributed by atoms with E-state index in [9.17, 15) is 9.90 Å². The number of rotatable bonds is 5. The smallest absolute Gasteiger partial charge is 0.268 e. The highest BCUT2D eigenvalue weighted by Gasteiger charge is 2.34. The van der Waals surface area contributed by atoms with E-state index in [0.29, 0.717) is 35.9 Å². The Balaban J connectivity index is 2.07. The van der Waals surface area contributed by atoms with Crippen molar-refractivity contribution in [3.63, 3.8) is 0 Å². The molecule has 126 valence electrons. The van der Waals surface area contributed by atoms with Gasteiger partial charge in [-0.3, -0.25) is 4.79 Å². The zero-order valence-electron chi connectivity index (χ0n) is 13.9. The minimum Gasteiger partial charge on any atom is -0.490 e. The summed E-state index contributed by atoms with van der Waals surface area (Å²) in [4.78, 5) is 14.4. The molecule has 0 aromatic heterocycles. The number of amides is 1. The highest BCUT2D eigenvalue weighted by molar-refractivity contribution is 6.00. The van der Waals surface area contributed by atoms with E-state index < -0.39 is 6.10 Å². The predicted octanol–water partition coefficient (Wildman–Crippen LogP) is 2.89. The Morgan fingerprint density at radius 3 is 2.62 bits per heavy atom. The first-order valence-corrected chi connectivity index (χ1v) is 8.06. The van der Waals surface area contributed by atoms with Gasteiger partial charge in [-0.2, -0.15) is 0 Å². The maximum Gasteiger partial charge on any atom is 0.268 e. The molecule has 0 bridgehead atoms. The maximum absolute atomic E-state index is 12.7. The monoisotopic (exact) mass is 327 g/mol. The molecule has 24 heavy (non-hydrogen) atoms. The molecular formula is C19H21NO4. The Hall–Kier alpha value is -2.53. The van der Waals surface area contributed by atoms with Crippen LogP contribution >= 0.6 is 0 Å². The Bertz CT molecular complexity index is 730. The zero-order chi connectivity index (χ0) is 17.1. The van der Waals surface area contributed by atoms with Crippen LogP contribution in [0.5, 0.6) is 11.5 Å². The third kappa shape index (κ3) is 3.08. The van der Waals surface area contributed by atoms with Crippen LogP contribution in [0.4, 0.5) is 5.69 Å². The second-order valence-electron chi connectivity index (χ2n) is 5.70. The Morgan fingerprint density at radius 2 is 1.96 bits per heavy atom. The molecule has 1 heterocycles. The fraction of sp³-hybridized carbons (Fsp3) is 0.316. The summed E-state index contributed by atoms with van der Waals surface area (Å²) >= 11 is 0. The van der Waals surface area contributed by atoms with E-state index in [1.807, 2.05) is 37.3 Å². The zero-order valence-corrected chi connectivity index (χ0v) is 13.9. The first-order chi connectivity index (χ1) is 11.6. The molecule has 0 aliphatic carbocycles. The number of aliphatic hydroxyl groups is 1. The van der Waals surface area contributed by atoms with Crippen molar-refractivity contribution in [2.24, 2.45) is 0 Å². The number of ether oxygens (including phenoxy) is 2. The summed E-state index contributed by atoms with van der Waals surface area (Å²) in [6.45, 7) is 4.42. The van der Waals surface area contributed by atoms with E-state index >= 15 is 0 Å². The van der Waals surface area contributed by atoms with Crippen LogP contribution in [0, 0.1) is 0 Å². The lowest BCUT2D eigenvalue weighted by atomic mass is 10.1. The predicted molar refractivity (Wildman–Crippen MR) is 91.3 cm³/mol. The molecule has 2 aromatic carbocycles. The van der Waals surface area contributed by atoms with Crippen LogP contribution in [0.2, 0.25) is 0 Å². The largest absolute Gasteiger partial charge is 0.490 e.